The zero-order valence-electron chi connectivity index (χ0n) is 19.5. The van der Waals surface area contributed by atoms with Crippen molar-refractivity contribution in [2.75, 3.05) is 19.6 Å². The fourth-order valence-corrected chi connectivity index (χ4v) is 6.68. The van der Waals surface area contributed by atoms with Gasteiger partial charge in [0.2, 0.25) is 15.9 Å². The molecule has 2 aromatic carbocycles. The second-order valence-electron chi connectivity index (χ2n) is 9.13. The van der Waals surface area contributed by atoms with Crippen molar-refractivity contribution in [3.05, 3.63) is 64.2 Å². The molecule has 1 aliphatic rings. The Bertz CT molecular complexity index is 1050. The van der Waals surface area contributed by atoms with Gasteiger partial charge in [0.25, 0.3) is 0 Å². The van der Waals surface area contributed by atoms with Crippen LogP contribution in [-0.2, 0) is 21.2 Å². The number of carbonyl (C=O) groups excluding carboxylic acids is 1. The third-order valence-corrected chi connectivity index (χ3v) is 8.12. The number of nitrogens with zero attached hydrogens (tertiary/aromatic N) is 2. The van der Waals surface area contributed by atoms with E-state index in [1.807, 2.05) is 70.7 Å². The summed E-state index contributed by atoms with van der Waals surface area (Å²) in [4.78, 5) is 15.5. The smallest absolute Gasteiger partial charge is 0.244 e. The Labute approximate surface area is 187 Å². The molecule has 1 aliphatic heterocycles. The molecule has 0 radical (unpaired) electrons. The molecule has 0 aliphatic carbocycles. The normalized spacial score (nSPS) is 16.6. The van der Waals surface area contributed by atoms with Crippen molar-refractivity contribution in [3.63, 3.8) is 0 Å². The zero-order valence-corrected chi connectivity index (χ0v) is 20.3. The van der Waals surface area contributed by atoms with Crippen molar-refractivity contribution >= 4 is 15.9 Å². The lowest BCUT2D eigenvalue weighted by Crippen LogP contribution is -2.47. The van der Waals surface area contributed by atoms with Gasteiger partial charge in [0.05, 0.1) is 17.5 Å². The number of hydrogen-bond donors (Lipinski definition) is 0. The Kier molecular flexibility index (Phi) is 6.92. The number of sulfonamides is 1. The van der Waals surface area contributed by atoms with Crippen LogP contribution >= 0.6 is 0 Å². The number of rotatable bonds is 6. The summed E-state index contributed by atoms with van der Waals surface area (Å²) in [5.74, 6) is -0.0400. The van der Waals surface area contributed by atoms with Gasteiger partial charge in [-0.05, 0) is 62.3 Å². The van der Waals surface area contributed by atoms with Crippen LogP contribution in [0.2, 0.25) is 0 Å². The molecule has 0 saturated carbocycles. The first-order valence-corrected chi connectivity index (χ1v) is 12.4. The Morgan fingerprint density at radius 1 is 1.13 bits per heavy atom. The molecule has 1 amide bonds. The lowest BCUT2D eigenvalue weighted by molar-refractivity contribution is -0.134. The molecule has 3 rings (SSSR count). The average Bonchev–Trinajstić information content (AvgIpc) is 2.66. The number of aryl methyl sites for hydroxylation is 3. The summed E-state index contributed by atoms with van der Waals surface area (Å²) in [7, 11) is -3.80. The van der Waals surface area contributed by atoms with Gasteiger partial charge in [-0.3, -0.25) is 4.79 Å². The van der Waals surface area contributed by atoms with Crippen LogP contribution in [0.1, 0.15) is 54.6 Å². The third kappa shape index (κ3) is 4.85. The van der Waals surface area contributed by atoms with Crippen LogP contribution in [0.3, 0.4) is 0 Å². The number of fused-ring (bicyclic) bond motifs is 1. The Morgan fingerprint density at radius 2 is 1.74 bits per heavy atom. The molecule has 0 saturated heterocycles. The molecule has 31 heavy (non-hydrogen) atoms. The van der Waals surface area contributed by atoms with Crippen molar-refractivity contribution in [2.45, 2.75) is 58.9 Å². The molecule has 1 unspecified atom stereocenters. The summed E-state index contributed by atoms with van der Waals surface area (Å²) < 4.78 is 28.7. The maximum absolute atomic E-state index is 13.7. The Hall–Kier alpha value is -2.18. The molecule has 0 bridgehead atoms. The van der Waals surface area contributed by atoms with Gasteiger partial charge in [-0.25, -0.2) is 8.42 Å². The number of amides is 1. The second kappa shape index (κ2) is 9.13. The average molecular weight is 443 g/mol. The van der Waals surface area contributed by atoms with Crippen molar-refractivity contribution in [1.82, 2.24) is 9.21 Å². The molecule has 0 fully saturated rings. The quantitative estimate of drug-likeness (QED) is 0.666. The van der Waals surface area contributed by atoms with Gasteiger partial charge < -0.3 is 4.90 Å². The minimum absolute atomic E-state index is 0.0658. The molecule has 1 heterocycles. The van der Waals surface area contributed by atoms with Crippen molar-refractivity contribution in [1.29, 1.82) is 0 Å². The fourth-order valence-electron chi connectivity index (χ4n) is 4.71. The Balaban J connectivity index is 1.91. The van der Waals surface area contributed by atoms with Crippen molar-refractivity contribution in [3.8, 4) is 0 Å². The summed E-state index contributed by atoms with van der Waals surface area (Å²) in [6.07, 6.45) is 0.791. The molecular weight excluding hydrogens is 408 g/mol. The van der Waals surface area contributed by atoms with E-state index in [-0.39, 0.29) is 24.4 Å². The van der Waals surface area contributed by atoms with E-state index in [1.54, 1.807) is 0 Å². The Morgan fingerprint density at radius 3 is 2.35 bits per heavy atom. The van der Waals surface area contributed by atoms with E-state index >= 15 is 0 Å². The summed E-state index contributed by atoms with van der Waals surface area (Å²) >= 11 is 0. The number of benzene rings is 2. The van der Waals surface area contributed by atoms with Crippen molar-refractivity contribution in [2.24, 2.45) is 5.92 Å². The monoisotopic (exact) mass is 442 g/mol. The van der Waals surface area contributed by atoms with E-state index in [1.165, 1.54) is 9.87 Å². The standard InChI is InChI=1S/C25H34N2O3S/c1-17(2)15-26(31(29,30)25-19(4)13-18(3)14-20(25)5)16-24(28)27-12-11-22-9-7-8-10-23(22)21(27)6/h7-10,13-14,17,21H,11-12,15-16H2,1-6H3. The van der Waals surface area contributed by atoms with E-state index in [4.69, 9.17) is 0 Å². The van der Waals surface area contributed by atoms with E-state index in [9.17, 15) is 13.2 Å². The van der Waals surface area contributed by atoms with Crippen LogP contribution in [-0.4, -0.2) is 43.2 Å². The predicted molar refractivity (Wildman–Crippen MR) is 125 cm³/mol. The molecule has 5 nitrogen and oxygen atoms in total. The van der Waals surface area contributed by atoms with Crippen LogP contribution < -0.4 is 0 Å². The van der Waals surface area contributed by atoms with Gasteiger partial charge in [0.15, 0.2) is 0 Å². The largest absolute Gasteiger partial charge is 0.334 e. The van der Waals surface area contributed by atoms with Gasteiger partial charge in [-0.1, -0.05) is 55.8 Å². The first-order chi connectivity index (χ1) is 14.5. The van der Waals surface area contributed by atoms with Crippen LogP contribution in [0.5, 0.6) is 0 Å². The van der Waals surface area contributed by atoms with Crippen LogP contribution in [0.4, 0.5) is 0 Å². The summed E-state index contributed by atoms with van der Waals surface area (Å²) in [5.41, 5.74) is 4.88. The number of carbonyl (C=O) groups is 1. The summed E-state index contributed by atoms with van der Waals surface area (Å²) in [6, 6.07) is 11.9. The number of hydrogen-bond acceptors (Lipinski definition) is 3. The first-order valence-electron chi connectivity index (χ1n) is 11.0. The van der Waals surface area contributed by atoms with Gasteiger partial charge in [0.1, 0.15) is 0 Å². The molecule has 0 spiro atoms. The van der Waals surface area contributed by atoms with E-state index in [2.05, 4.69) is 12.1 Å². The van der Waals surface area contributed by atoms with E-state index in [0.717, 1.165) is 28.7 Å². The zero-order chi connectivity index (χ0) is 22.9. The van der Waals surface area contributed by atoms with Crippen molar-refractivity contribution < 1.29 is 13.2 Å². The maximum atomic E-state index is 13.7. The summed E-state index contributed by atoms with van der Waals surface area (Å²) in [6.45, 7) is 12.3. The van der Waals surface area contributed by atoms with Crippen LogP contribution in [0.15, 0.2) is 41.3 Å². The SMILES string of the molecule is Cc1cc(C)c(S(=O)(=O)N(CC(=O)N2CCc3ccccc3C2C)CC(C)C)c(C)c1. The first kappa shape index (κ1) is 23.5. The molecule has 1 atom stereocenters. The fraction of sp³-hybridized carbons (Fsp3) is 0.480. The van der Waals surface area contributed by atoms with Crippen LogP contribution in [0.25, 0.3) is 0 Å². The topological polar surface area (TPSA) is 57.7 Å². The highest BCUT2D eigenvalue weighted by Crippen LogP contribution is 2.30. The highest BCUT2D eigenvalue weighted by Gasteiger charge is 2.34. The molecule has 6 heteroatoms. The molecule has 2 aromatic rings. The molecular formula is C25H34N2O3S. The molecule has 0 N–H and O–H groups in total. The minimum Gasteiger partial charge on any atom is -0.334 e. The van der Waals surface area contributed by atoms with Crippen LogP contribution in [0, 0.1) is 26.7 Å². The van der Waals surface area contributed by atoms with Gasteiger partial charge in [-0.15, -0.1) is 0 Å². The lowest BCUT2D eigenvalue weighted by Gasteiger charge is -2.36. The summed E-state index contributed by atoms with van der Waals surface area (Å²) in [5, 5.41) is 0. The van der Waals surface area contributed by atoms with E-state index < -0.39 is 10.0 Å². The highest BCUT2D eigenvalue weighted by atomic mass is 32.2. The lowest BCUT2D eigenvalue weighted by atomic mass is 9.93. The second-order valence-corrected chi connectivity index (χ2v) is 11.0. The van der Waals surface area contributed by atoms with E-state index in [0.29, 0.717) is 18.0 Å². The predicted octanol–water partition coefficient (Wildman–Crippen LogP) is 4.40. The highest BCUT2D eigenvalue weighted by molar-refractivity contribution is 7.89. The molecule has 168 valence electrons. The molecule has 0 aromatic heterocycles. The van der Waals surface area contributed by atoms with Gasteiger partial charge >= 0.3 is 0 Å². The minimum atomic E-state index is -3.80. The maximum Gasteiger partial charge on any atom is 0.244 e. The third-order valence-electron chi connectivity index (χ3n) is 6.00. The van der Waals surface area contributed by atoms with Gasteiger partial charge in [-0.2, -0.15) is 4.31 Å². The van der Waals surface area contributed by atoms with Gasteiger partial charge in [0, 0.05) is 13.1 Å².